The van der Waals surface area contributed by atoms with Crippen LogP contribution in [0.3, 0.4) is 0 Å². The van der Waals surface area contributed by atoms with Crippen molar-refractivity contribution in [3.8, 4) is 0 Å². The van der Waals surface area contributed by atoms with Gasteiger partial charge in [-0.15, -0.1) is 0 Å². The first-order valence-electron chi connectivity index (χ1n) is 9.62. The van der Waals surface area contributed by atoms with Gasteiger partial charge in [-0.05, 0) is 30.5 Å². The van der Waals surface area contributed by atoms with Crippen molar-refractivity contribution in [2.45, 2.75) is 26.2 Å². The predicted molar refractivity (Wildman–Crippen MR) is 109 cm³/mol. The first-order chi connectivity index (χ1) is 13.2. The second kappa shape index (κ2) is 15.0. The molecule has 27 heavy (non-hydrogen) atoms. The Labute approximate surface area is 162 Å². The molecule has 1 amide bonds. The summed E-state index contributed by atoms with van der Waals surface area (Å²) >= 11 is 0. The van der Waals surface area contributed by atoms with E-state index in [0.717, 1.165) is 43.9 Å². The van der Waals surface area contributed by atoms with Crippen molar-refractivity contribution in [2.24, 2.45) is 4.99 Å². The fourth-order valence-corrected chi connectivity index (χ4v) is 2.37. The molecule has 1 rings (SSSR count). The van der Waals surface area contributed by atoms with Gasteiger partial charge in [-0.1, -0.05) is 25.5 Å². The van der Waals surface area contributed by atoms with Crippen molar-refractivity contribution in [3.63, 3.8) is 0 Å². The van der Waals surface area contributed by atoms with Crippen LogP contribution in [0.5, 0.6) is 0 Å². The number of unbranched alkanes of at least 4 members (excludes halogenated alkanes) is 1. The van der Waals surface area contributed by atoms with Crippen LogP contribution in [0.15, 0.2) is 29.3 Å². The molecule has 0 heterocycles. The lowest BCUT2D eigenvalue weighted by Crippen LogP contribution is -2.39. The zero-order chi connectivity index (χ0) is 19.7. The Morgan fingerprint density at radius 1 is 1.07 bits per heavy atom. The number of benzene rings is 1. The van der Waals surface area contributed by atoms with Crippen LogP contribution in [-0.2, 0) is 15.9 Å². The average Bonchev–Trinajstić information content (AvgIpc) is 2.70. The maximum atomic E-state index is 11.7. The van der Waals surface area contributed by atoms with Gasteiger partial charge in [0, 0.05) is 39.4 Å². The van der Waals surface area contributed by atoms with E-state index in [0.29, 0.717) is 31.9 Å². The van der Waals surface area contributed by atoms with E-state index in [4.69, 9.17) is 9.47 Å². The molecule has 152 valence electrons. The zero-order valence-electron chi connectivity index (χ0n) is 16.8. The van der Waals surface area contributed by atoms with E-state index in [-0.39, 0.29) is 5.91 Å². The molecular weight excluding hydrogens is 344 g/mol. The lowest BCUT2D eigenvalue weighted by Gasteiger charge is -2.12. The van der Waals surface area contributed by atoms with Crippen LogP contribution in [-0.4, -0.2) is 65.5 Å². The Hall–Kier alpha value is -2.12. The smallest absolute Gasteiger partial charge is 0.251 e. The number of nitrogens with one attached hydrogen (secondary N) is 3. The van der Waals surface area contributed by atoms with Gasteiger partial charge in [0.1, 0.15) is 0 Å². The molecule has 0 aliphatic heterocycles. The third-order valence-electron chi connectivity index (χ3n) is 3.90. The number of carbonyl (C=O) groups excluding carboxylic acids is 1. The Kier molecular flexibility index (Phi) is 12.7. The molecule has 0 aliphatic rings. The van der Waals surface area contributed by atoms with Crippen LogP contribution in [0.4, 0.5) is 0 Å². The van der Waals surface area contributed by atoms with Gasteiger partial charge < -0.3 is 25.4 Å². The molecule has 0 radical (unpaired) electrons. The number of nitrogens with zero attached hydrogens (tertiary/aromatic N) is 1. The van der Waals surface area contributed by atoms with Gasteiger partial charge in [-0.25, -0.2) is 0 Å². The average molecular weight is 379 g/mol. The van der Waals surface area contributed by atoms with Crippen molar-refractivity contribution >= 4 is 11.9 Å². The lowest BCUT2D eigenvalue weighted by molar-refractivity contribution is 0.0487. The number of amides is 1. The van der Waals surface area contributed by atoms with Crippen LogP contribution < -0.4 is 16.0 Å². The Balaban J connectivity index is 2.15. The van der Waals surface area contributed by atoms with Crippen LogP contribution in [0.2, 0.25) is 0 Å². The van der Waals surface area contributed by atoms with Gasteiger partial charge in [-0.2, -0.15) is 0 Å². The summed E-state index contributed by atoms with van der Waals surface area (Å²) in [6, 6.07) is 7.63. The molecule has 7 heteroatoms. The maximum absolute atomic E-state index is 11.7. The molecular formula is C20H34N4O3. The van der Waals surface area contributed by atoms with Crippen molar-refractivity contribution < 1.29 is 14.3 Å². The van der Waals surface area contributed by atoms with Crippen molar-refractivity contribution in [2.75, 3.05) is 53.6 Å². The molecule has 0 saturated carbocycles. The third-order valence-corrected chi connectivity index (χ3v) is 3.90. The highest BCUT2D eigenvalue weighted by Gasteiger charge is 2.04. The number of hydrogen-bond acceptors (Lipinski definition) is 4. The molecule has 0 atom stereocenters. The van der Waals surface area contributed by atoms with Crippen molar-refractivity contribution in [1.29, 1.82) is 0 Å². The minimum atomic E-state index is -0.0713. The number of rotatable bonds is 13. The standard InChI is InChI=1S/C20H34N4O3/c1-4-5-12-26-14-15-27-13-11-24-20(22-3)23-10-9-17-7-6-8-18(16-17)19(25)21-2/h6-8,16H,4-5,9-15H2,1-3H3,(H,21,25)(H2,22,23,24). The number of guanidine groups is 1. The van der Waals surface area contributed by atoms with Gasteiger partial charge >= 0.3 is 0 Å². The molecule has 0 bridgehead atoms. The molecule has 0 spiro atoms. The summed E-state index contributed by atoms with van der Waals surface area (Å²) in [7, 11) is 3.37. The molecule has 1 aromatic rings. The highest BCUT2D eigenvalue weighted by Crippen LogP contribution is 2.05. The Morgan fingerprint density at radius 2 is 1.81 bits per heavy atom. The van der Waals surface area contributed by atoms with Crippen LogP contribution >= 0.6 is 0 Å². The van der Waals surface area contributed by atoms with E-state index < -0.39 is 0 Å². The van der Waals surface area contributed by atoms with Crippen molar-refractivity contribution in [3.05, 3.63) is 35.4 Å². The Bertz CT molecular complexity index is 564. The summed E-state index contributed by atoms with van der Waals surface area (Å²) in [4.78, 5) is 15.9. The van der Waals surface area contributed by atoms with Gasteiger partial charge in [0.25, 0.3) is 5.91 Å². The molecule has 0 unspecified atom stereocenters. The highest BCUT2D eigenvalue weighted by molar-refractivity contribution is 5.94. The largest absolute Gasteiger partial charge is 0.379 e. The second-order valence-corrected chi connectivity index (χ2v) is 6.03. The molecule has 1 aromatic carbocycles. The van der Waals surface area contributed by atoms with Gasteiger partial charge in [0.15, 0.2) is 5.96 Å². The summed E-state index contributed by atoms with van der Waals surface area (Å²) in [5.41, 5.74) is 1.78. The van der Waals surface area contributed by atoms with Gasteiger partial charge in [-0.3, -0.25) is 9.79 Å². The first-order valence-corrected chi connectivity index (χ1v) is 9.62. The monoisotopic (exact) mass is 378 g/mol. The summed E-state index contributed by atoms with van der Waals surface area (Å²) in [5.74, 6) is 0.665. The minimum absolute atomic E-state index is 0.0713. The fourth-order valence-electron chi connectivity index (χ4n) is 2.37. The van der Waals surface area contributed by atoms with E-state index in [9.17, 15) is 4.79 Å². The van der Waals surface area contributed by atoms with Crippen LogP contribution in [0.25, 0.3) is 0 Å². The second-order valence-electron chi connectivity index (χ2n) is 6.03. The van der Waals surface area contributed by atoms with Gasteiger partial charge in [0.05, 0.1) is 19.8 Å². The SMILES string of the molecule is CCCCOCCOCCNC(=NC)NCCc1cccc(C(=O)NC)c1. The zero-order valence-corrected chi connectivity index (χ0v) is 16.8. The molecule has 7 nitrogen and oxygen atoms in total. The Morgan fingerprint density at radius 3 is 2.52 bits per heavy atom. The van der Waals surface area contributed by atoms with Crippen molar-refractivity contribution in [1.82, 2.24) is 16.0 Å². The summed E-state index contributed by atoms with van der Waals surface area (Å²) in [5, 5.41) is 9.12. The van der Waals surface area contributed by atoms with E-state index >= 15 is 0 Å². The third kappa shape index (κ3) is 10.6. The number of carbonyl (C=O) groups is 1. The minimum Gasteiger partial charge on any atom is -0.379 e. The van der Waals surface area contributed by atoms with Crippen LogP contribution in [0.1, 0.15) is 35.7 Å². The number of hydrogen-bond donors (Lipinski definition) is 3. The maximum Gasteiger partial charge on any atom is 0.251 e. The van der Waals surface area contributed by atoms with Gasteiger partial charge in [0.2, 0.25) is 0 Å². The number of aliphatic imine (C=N–C) groups is 1. The van der Waals surface area contributed by atoms with E-state index in [1.807, 2.05) is 24.3 Å². The molecule has 0 fully saturated rings. The van der Waals surface area contributed by atoms with Crippen LogP contribution in [0, 0.1) is 0 Å². The summed E-state index contributed by atoms with van der Waals surface area (Å²) < 4.78 is 11.0. The topological polar surface area (TPSA) is 84.0 Å². The fraction of sp³-hybridized carbons (Fsp3) is 0.600. The first kappa shape index (κ1) is 22.9. The highest BCUT2D eigenvalue weighted by atomic mass is 16.5. The lowest BCUT2D eigenvalue weighted by atomic mass is 10.1. The summed E-state index contributed by atoms with van der Waals surface area (Å²) in [6.07, 6.45) is 3.05. The normalized spacial score (nSPS) is 11.3. The molecule has 0 aromatic heterocycles. The molecule has 0 aliphatic carbocycles. The molecule has 0 saturated heterocycles. The van der Waals surface area contributed by atoms with E-state index in [2.05, 4.69) is 27.9 Å². The predicted octanol–water partition coefficient (Wildman–Crippen LogP) is 1.59. The quantitative estimate of drug-likeness (QED) is 0.276. The van der Waals surface area contributed by atoms with E-state index in [1.165, 1.54) is 0 Å². The van der Waals surface area contributed by atoms with E-state index in [1.54, 1.807) is 14.1 Å². The summed E-state index contributed by atoms with van der Waals surface area (Å²) in [6.45, 7) is 6.21. The molecule has 3 N–H and O–H groups in total. The number of ether oxygens (including phenoxy) is 2.